The summed E-state index contributed by atoms with van der Waals surface area (Å²) in [6.07, 6.45) is 4.44. The molecule has 0 aromatic heterocycles. The fourth-order valence-electron chi connectivity index (χ4n) is 2.63. The molecule has 3 N–H and O–H groups in total. The number of nitrogen functional groups attached to an aromatic ring is 1. The smallest absolute Gasteiger partial charge is 0.251 e. The molecule has 0 bridgehead atoms. The molecular weight excluding hydrogens is 240 g/mol. The Morgan fingerprint density at radius 2 is 2.05 bits per heavy atom. The van der Waals surface area contributed by atoms with Gasteiger partial charge in [0.25, 0.3) is 5.91 Å². The highest BCUT2D eigenvalue weighted by Gasteiger charge is 2.30. The van der Waals surface area contributed by atoms with Crippen molar-refractivity contribution in [3.63, 3.8) is 0 Å². The van der Waals surface area contributed by atoms with Gasteiger partial charge in [0.15, 0.2) is 0 Å². The van der Waals surface area contributed by atoms with E-state index in [0.717, 1.165) is 12.8 Å². The number of rotatable bonds is 4. The number of nitrogens with one attached hydrogen (secondary N) is 1. The number of hydrogen-bond acceptors (Lipinski definition) is 3. The molecule has 1 saturated carbocycles. The quantitative estimate of drug-likeness (QED) is 0.820. The average molecular weight is 262 g/mol. The van der Waals surface area contributed by atoms with Crippen molar-refractivity contribution in [1.82, 2.24) is 5.32 Å². The molecule has 0 unspecified atom stereocenters. The third-order valence-electron chi connectivity index (χ3n) is 3.62. The van der Waals surface area contributed by atoms with Crippen molar-refractivity contribution in [1.29, 1.82) is 0 Å². The zero-order chi connectivity index (χ0) is 13.9. The Bertz CT molecular complexity index is 465. The fraction of sp³-hybridized carbons (Fsp3) is 0.533. The second kappa shape index (κ2) is 5.51. The maximum atomic E-state index is 12.3. The van der Waals surface area contributed by atoms with E-state index in [9.17, 15) is 4.79 Å². The van der Waals surface area contributed by atoms with Crippen LogP contribution in [0.1, 0.15) is 49.9 Å². The van der Waals surface area contributed by atoms with Gasteiger partial charge in [-0.15, -0.1) is 0 Å². The van der Waals surface area contributed by atoms with Gasteiger partial charge in [-0.3, -0.25) is 4.79 Å². The lowest BCUT2D eigenvalue weighted by molar-refractivity contribution is 0.0907. The van der Waals surface area contributed by atoms with E-state index in [1.165, 1.54) is 12.8 Å². The first-order valence-corrected chi connectivity index (χ1v) is 6.88. The van der Waals surface area contributed by atoms with Gasteiger partial charge < -0.3 is 15.8 Å². The van der Waals surface area contributed by atoms with Crippen molar-refractivity contribution in [3.8, 4) is 5.75 Å². The predicted molar refractivity (Wildman–Crippen MR) is 76.4 cm³/mol. The van der Waals surface area contributed by atoms with Crippen molar-refractivity contribution in [2.24, 2.45) is 0 Å². The zero-order valence-corrected chi connectivity index (χ0v) is 11.7. The Balaban J connectivity index is 2.14. The van der Waals surface area contributed by atoms with Gasteiger partial charge in [0, 0.05) is 22.9 Å². The number of hydrogen-bond donors (Lipinski definition) is 2. The van der Waals surface area contributed by atoms with Crippen LogP contribution in [0.4, 0.5) is 5.69 Å². The molecule has 0 radical (unpaired) electrons. The monoisotopic (exact) mass is 262 g/mol. The maximum Gasteiger partial charge on any atom is 0.251 e. The van der Waals surface area contributed by atoms with Crippen LogP contribution < -0.4 is 15.8 Å². The third kappa shape index (κ3) is 3.40. The molecule has 1 amide bonds. The van der Waals surface area contributed by atoms with Crippen LogP contribution in [0.5, 0.6) is 5.75 Å². The largest absolute Gasteiger partial charge is 0.494 e. The number of nitrogens with two attached hydrogens (primary N) is 1. The Morgan fingerprint density at radius 1 is 1.37 bits per heavy atom. The highest BCUT2D eigenvalue weighted by molar-refractivity contribution is 5.96. The van der Waals surface area contributed by atoms with Crippen molar-refractivity contribution < 1.29 is 9.53 Å². The van der Waals surface area contributed by atoms with Crippen LogP contribution in [0.2, 0.25) is 0 Å². The molecular formula is C15H22N2O2. The standard InChI is InChI=1S/C15H22N2O2/c1-3-19-13-9-11(8-12(16)10-13)14(18)17-15(2)6-4-5-7-15/h8-10H,3-7,16H2,1-2H3,(H,17,18). The Hall–Kier alpha value is -1.71. The van der Waals surface area contributed by atoms with Gasteiger partial charge in [-0.25, -0.2) is 0 Å². The van der Waals surface area contributed by atoms with Gasteiger partial charge in [-0.05, 0) is 38.8 Å². The molecule has 104 valence electrons. The molecule has 0 aliphatic heterocycles. The average Bonchev–Trinajstić information content (AvgIpc) is 2.75. The summed E-state index contributed by atoms with van der Waals surface area (Å²) in [7, 11) is 0. The van der Waals surface area contributed by atoms with Gasteiger partial charge >= 0.3 is 0 Å². The predicted octanol–water partition coefficient (Wildman–Crippen LogP) is 2.73. The molecule has 4 heteroatoms. The van der Waals surface area contributed by atoms with Crippen molar-refractivity contribution in [3.05, 3.63) is 23.8 Å². The lowest BCUT2D eigenvalue weighted by Gasteiger charge is -2.25. The molecule has 0 atom stereocenters. The molecule has 1 aromatic rings. The van der Waals surface area contributed by atoms with Crippen LogP contribution in [0.3, 0.4) is 0 Å². The number of anilines is 1. The number of ether oxygens (including phenoxy) is 1. The maximum absolute atomic E-state index is 12.3. The van der Waals surface area contributed by atoms with Gasteiger partial charge in [-0.1, -0.05) is 12.8 Å². The zero-order valence-electron chi connectivity index (χ0n) is 11.7. The minimum Gasteiger partial charge on any atom is -0.494 e. The van der Waals surface area contributed by atoms with Crippen LogP contribution in [0.25, 0.3) is 0 Å². The Morgan fingerprint density at radius 3 is 2.68 bits per heavy atom. The first kappa shape index (κ1) is 13.7. The first-order valence-electron chi connectivity index (χ1n) is 6.88. The normalized spacial score (nSPS) is 17.2. The van der Waals surface area contributed by atoms with Gasteiger partial charge in [0.1, 0.15) is 5.75 Å². The van der Waals surface area contributed by atoms with E-state index in [1.54, 1.807) is 18.2 Å². The molecule has 0 heterocycles. The Labute approximate surface area is 114 Å². The van der Waals surface area contributed by atoms with E-state index < -0.39 is 0 Å². The van der Waals surface area contributed by atoms with Gasteiger partial charge in [0.05, 0.1) is 6.61 Å². The van der Waals surface area contributed by atoms with Gasteiger partial charge in [0.2, 0.25) is 0 Å². The van der Waals surface area contributed by atoms with Gasteiger partial charge in [-0.2, -0.15) is 0 Å². The fourth-order valence-corrected chi connectivity index (χ4v) is 2.63. The van der Waals surface area contributed by atoms with E-state index in [2.05, 4.69) is 12.2 Å². The summed E-state index contributed by atoms with van der Waals surface area (Å²) in [6, 6.07) is 5.17. The third-order valence-corrected chi connectivity index (χ3v) is 3.62. The van der Waals surface area contributed by atoms with Crippen molar-refractivity contribution >= 4 is 11.6 Å². The summed E-state index contributed by atoms with van der Waals surface area (Å²) >= 11 is 0. The minimum absolute atomic E-state index is 0.0716. The number of benzene rings is 1. The van der Waals surface area contributed by atoms with E-state index in [4.69, 9.17) is 10.5 Å². The highest BCUT2D eigenvalue weighted by Crippen LogP contribution is 2.29. The summed E-state index contributed by atoms with van der Waals surface area (Å²) in [4.78, 5) is 12.3. The molecule has 2 rings (SSSR count). The van der Waals surface area contributed by atoms with Crippen molar-refractivity contribution in [2.75, 3.05) is 12.3 Å². The molecule has 1 aliphatic carbocycles. The molecule has 0 saturated heterocycles. The van der Waals surface area contributed by atoms with Crippen LogP contribution in [0.15, 0.2) is 18.2 Å². The lowest BCUT2D eigenvalue weighted by Crippen LogP contribution is -2.43. The summed E-state index contributed by atoms with van der Waals surface area (Å²) in [5.74, 6) is 0.571. The summed E-state index contributed by atoms with van der Waals surface area (Å²) in [5.41, 5.74) is 6.85. The molecule has 0 spiro atoms. The highest BCUT2D eigenvalue weighted by atomic mass is 16.5. The molecule has 19 heavy (non-hydrogen) atoms. The summed E-state index contributed by atoms with van der Waals surface area (Å²) in [6.45, 7) is 4.57. The number of carbonyl (C=O) groups excluding carboxylic acids is 1. The van der Waals surface area contributed by atoms with Crippen molar-refractivity contribution in [2.45, 2.75) is 45.1 Å². The van der Waals surface area contributed by atoms with E-state index >= 15 is 0 Å². The van der Waals surface area contributed by atoms with E-state index in [1.807, 2.05) is 6.92 Å². The second-order valence-corrected chi connectivity index (χ2v) is 5.45. The summed E-state index contributed by atoms with van der Waals surface area (Å²) < 4.78 is 5.41. The lowest BCUT2D eigenvalue weighted by atomic mass is 10.00. The molecule has 1 fully saturated rings. The molecule has 1 aliphatic rings. The Kier molecular flexibility index (Phi) is 3.98. The van der Waals surface area contributed by atoms with Crippen LogP contribution in [0, 0.1) is 0 Å². The van der Waals surface area contributed by atoms with Crippen LogP contribution in [-0.2, 0) is 0 Å². The summed E-state index contributed by atoms with van der Waals surface area (Å²) in [5, 5.41) is 3.12. The topological polar surface area (TPSA) is 64.3 Å². The second-order valence-electron chi connectivity index (χ2n) is 5.45. The molecule has 1 aromatic carbocycles. The SMILES string of the molecule is CCOc1cc(N)cc(C(=O)NC2(C)CCCC2)c1. The number of carbonyl (C=O) groups is 1. The first-order chi connectivity index (χ1) is 9.02. The van der Waals surface area contributed by atoms with E-state index in [-0.39, 0.29) is 11.4 Å². The van der Waals surface area contributed by atoms with Crippen LogP contribution in [-0.4, -0.2) is 18.1 Å². The van der Waals surface area contributed by atoms with Crippen LogP contribution >= 0.6 is 0 Å². The van der Waals surface area contributed by atoms with E-state index in [0.29, 0.717) is 23.6 Å². The minimum atomic E-state index is -0.0759. The molecule has 4 nitrogen and oxygen atoms in total. The number of amides is 1.